The van der Waals surface area contributed by atoms with Crippen LogP contribution in [0.15, 0.2) is 42.5 Å². The third kappa shape index (κ3) is 6.20. The Kier molecular flexibility index (Phi) is 9.27. The van der Waals surface area contributed by atoms with Crippen LogP contribution in [0.3, 0.4) is 0 Å². The molecule has 0 saturated carbocycles. The van der Waals surface area contributed by atoms with E-state index < -0.39 is 0 Å². The third-order valence-electron chi connectivity index (χ3n) is 3.87. The first-order valence-electron chi connectivity index (χ1n) is 8.05. The molecule has 2 aromatic rings. The smallest absolute Gasteiger partial charge is 0.166 e. The number of hydrogen-bond acceptors (Lipinski definition) is 4. The zero-order valence-electron chi connectivity index (χ0n) is 14.5. The molecule has 0 heterocycles. The van der Waals surface area contributed by atoms with Gasteiger partial charge in [-0.2, -0.15) is 0 Å². The fourth-order valence-electron chi connectivity index (χ4n) is 2.35. The normalized spacial score (nSPS) is 11.5. The molecular formula is C19H24ClFNO3-. The van der Waals surface area contributed by atoms with Crippen molar-refractivity contribution in [2.24, 2.45) is 0 Å². The summed E-state index contributed by atoms with van der Waals surface area (Å²) < 4.78 is 24.3. The maximum atomic E-state index is 13.0. The zero-order chi connectivity index (χ0) is 17.4. The first kappa shape index (κ1) is 21.2. The molecule has 1 unspecified atom stereocenters. The number of nitrogens with one attached hydrogen (secondary N) is 1. The SMILES string of the molecule is CCC(CO)NCc1cccc(OC)c1OCc1ccc(F)cc1.[Cl-]. The van der Waals surface area contributed by atoms with Crippen LogP contribution >= 0.6 is 0 Å². The standard InChI is InChI=1S/C19H24FNO3.ClH/c1-3-17(12-22)21-11-15-5-4-6-18(23-2)19(15)24-13-14-7-9-16(20)10-8-14;/h4-10,17,21-22H,3,11-13H2,1-2H3;1H/p-1. The highest BCUT2D eigenvalue weighted by Gasteiger charge is 2.12. The number of hydrogen-bond donors (Lipinski definition) is 2. The molecule has 0 fully saturated rings. The van der Waals surface area contributed by atoms with Gasteiger partial charge in [0.05, 0.1) is 13.7 Å². The Morgan fingerprint density at radius 3 is 2.48 bits per heavy atom. The largest absolute Gasteiger partial charge is 1.00 e. The van der Waals surface area contributed by atoms with Gasteiger partial charge in [0, 0.05) is 18.2 Å². The van der Waals surface area contributed by atoms with Gasteiger partial charge in [0.25, 0.3) is 0 Å². The van der Waals surface area contributed by atoms with Gasteiger partial charge in [-0.05, 0) is 30.2 Å². The van der Waals surface area contributed by atoms with Crippen molar-refractivity contribution in [2.75, 3.05) is 13.7 Å². The number of ether oxygens (including phenoxy) is 2. The van der Waals surface area contributed by atoms with Crippen molar-refractivity contribution in [1.29, 1.82) is 0 Å². The van der Waals surface area contributed by atoms with Gasteiger partial charge in [-0.15, -0.1) is 0 Å². The molecule has 6 heteroatoms. The average molecular weight is 369 g/mol. The molecule has 4 nitrogen and oxygen atoms in total. The Hall–Kier alpha value is -1.82. The van der Waals surface area contributed by atoms with Crippen molar-refractivity contribution in [1.82, 2.24) is 5.32 Å². The molecule has 0 radical (unpaired) electrons. The second-order valence-corrected chi connectivity index (χ2v) is 5.53. The van der Waals surface area contributed by atoms with E-state index in [9.17, 15) is 9.50 Å². The van der Waals surface area contributed by atoms with Crippen molar-refractivity contribution in [3.05, 3.63) is 59.4 Å². The average Bonchev–Trinajstić information content (AvgIpc) is 2.62. The molecule has 138 valence electrons. The number of halogens is 2. The van der Waals surface area contributed by atoms with E-state index in [1.807, 2.05) is 25.1 Å². The summed E-state index contributed by atoms with van der Waals surface area (Å²) in [5.41, 5.74) is 1.83. The predicted molar refractivity (Wildman–Crippen MR) is 91.7 cm³/mol. The first-order valence-corrected chi connectivity index (χ1v) is 8.05. The number of aliphatic hydroxyl groups is 1. The summed E-state index contributed by atoms with van der Waals surface area (Å²) in [6.07, 6.45) is 0.840. The van der Waals surface area contributed by atoms with Crippen molar-refractivity contribution in [2.45, 2.75) is 32.5 Å². The van der Waals surface area contributed by atoms with Gasteiger partial charge in [-0.25, -0.2) is 4.39 Å². The quantitative estimate of drug-likeness (QED) is 0.667. The molecule has 0 aliphatic heterocycles. The molecule has 0 amide bonds. The number of aliphatic hydroxyl groups excluding tert-OH is 1. The van der Waals surface area contributed by atoms with E-state index in [-0.39, 0.29) is 30.9 Å². The fraction of sp³-hybridized carbons (Fsp3) is 0.368. The predicted octanol–water partition coefficient (Wildman–Crippen LogP) is 0.278. The first-order chi connectivity index (χ1) is 11.7. The molecule has 2 N–H and O–H groups in total. The Balaban J connectivity index is 0.00000312. The lowest BCUT2D eigenvalue weighted by Crippen LogP contribution is -3.00. The van der Waals surface area contributed by atoms with E-state index in [0.29, 0.717) is 24.7 Å². The monoisotopic (exact) mass is 368 g/mol. The number of benzene rings is 2. The molecule has 0 saturated heterocycles. The minimum absolute atomic E-state index is 0. The van der Waals surface area contributed by atoms with Crippen LogP contribution in [0.25, 0.3) is 0 Å². The molecular weight excluding hydrogens is 345 g/mol. The summed E-state index contributed by atoms with van der Waals surface area (Å²) in [7, 11) is 1.60. The summed E-state index contributed by atoms with van der Waals surface area (Å²) in [5.74, 6) is 1.04. The molecule has 0 aliphatic carbocycles. The lowest BCUT2D eigenvalue weighted by Gasteiger charge is -2.18. The van der Waals surface area contributed by atoms with Crippen LogP contribution in [0.5, 0.6) is 11.5 Å². The number of para-hydroxylation sites is 1. The van der Waals surface area contributed by atoms with Crippen LogP contribution < -0.4 is 27.2 Å². The lowest BCUT2D eigenvalue weighted by molar-refractivity contribution is -0.00000712. The topological polar surface area (TPSA) is 50.7 Å². The van der Waals surface area contributed by atoms with Crippen molar-refractivity contribution in [3.63, 3.8) is 0 Å². The summed E-state index contributed by atoms with van der Waals surface area (Å²) >= 11 is 0. The van der Waals surface area contributed by atoms with Gasteiger partial charge in [-0.3, -0.25) is 0 Å². The minimum Gasteiger partial charge on any atom is -1.00 e. The number of rotatable bonds is 9. The van der Waals surface area contributed by atoms with E-state index in [2.05, 4.69) is 5.32 Å². The summed E-state index contributed by atoms with van der Waals surface area (Å²) in [6, 6.07) is 12.0. The Labute approximate surface area is 154 Å². The highest BCUT2D eigenvalue weighted by Crippen LogP contribution is 2.32. The molecule has 0 bridgehead atoms. The van der Waals surface area contributed by atoms with Crippen molar-refractivity contribution < 1.29 is 31.4 Å². The second-order valence-electron chi connectivity index (χ2n) is 5.53. The van der Waals surface area contributed by atoms with Gasteiger partial charge < -0.3 is 32.3 Å². The molecule has 25 heavy (non-hydrogen) atoms. The Bertz CT molecular complexity index is 633. The van der Waals surface area contributed by atoms with Crippen LogP contribution in [0.1, 0.15) is 24.5 Å². The van der Waals surface area contributed by atoms with E-state index in [1.165, 1.54) is 12.1 Å². The second kappa shape index (κ2) is 10.9. The van der Waals surface area contributed by atoms with E-state index in [1.54, 1.807) is 19.2 Å². The van der Waals surface area contributed by atoms with Gasteiger partial charge in [0.2, 0.25) is 0 Å². The van der Waals surface area contributed by atoms with E-state index >= 15 is 0 Å². The lowest BCUT2D eigenvalue weighted by atomic mass is 10.1. The van der Waals surface area contributed by atoms with Crippen molar-refractivity contribution >= 4 is 0 Å². The highest BCUT2D eigenvalue weighted by molar-refractivity contribution is 5.46. The molecule has 2 rings (SSSR count). The summed E-state index contributed by atoms with van der Waals surface area (Å²) in [5, 5.41) is 12.6. The van der Waals surface area contributed by atoms with Gasteiger partial charge in [-0.1, -0.05) is 31.2 Å². The van der Waals surface area contributed by atoms with Crippen LogP contribution in [0.2, 0.25) is 0 Å². The van der Waals surface area contributed by atoms with Crippen LogP contribution in [-0.2, 0) is 13.2 Å². The molecule has 0 spiro atoms. The number of methoxy groups -OCH3 is 1. The van der Waals surface area contributed by atoms with Crippen LogP contribution in [0, 0.1) is 5.82 Å². The molecule has 2 aromatic carbocycles. The maximum Gasteiger partial charge on any atom is 0.166 e. The fourth-order valence-corrected chi connectivity index (χ4v) is 2.35. The van der Waals surface area contributed by atoms with E-state index in [4.69, 9.17) is 9.47 Å². The van der Waals surface area contributed by atoms with Gasteiger partial charge in [0.1, 0.15) is 12.4 Å². The van der Waals surface area contributed by atoms with Crippen LogP contribution in [0.4, 0.5) is 4.39 Å². The minimum atomic E-state index is -0.268. The maximum absolute atomic E-state index is 13.0. The summed E-state index contributed by atoms with van der Waals surface area (Å²) in [4.78, 5) is 0. The molecule has 1 atom stereocenters. The third-order valence-corrected chi connectivity index (χ3v) is 3.87. The van der Waals surface area contributed by atoms with Gasteiger partial charge in [0.15, 0.2) is 11.5 Å². The molecule has 0 aliphatic rings. The van der Waals surface area contributed by atoms with Crippen molar-refractivity contribution in [3.8, 4) is 11.5 Å². The molecule has 0 aromatic heterocycles. The zero-order valence-corrected chi connectivity index (χ0v) is 15.2. The summed E-state index contributed by atoms with van der Waals surface area (Å²) in [6.45, 7) is 3.00. The van der Waals surface area contributed by atoms with Gasteiger partial charge >= 0.3 is 0 Å². The Morgan fingerprint density at radius 2 is 1.88 bits per heavy atom. The highest BCUT2D eigenvalue weighted by atomic mass is 35.5. The van der Waals surface area contributed by atoms with Crippen LogP contribution in [-0.4, -0.2) is 24.9 Å². The van der Waals surface area contributed by atoms with E-state index in [0.717, 1.165) is 17.5 Å². The Morgan fingerprint density at radius 1 is 1.16 bits per heavy atom.